The Labute approximate surface area is 166 Å². The van der Waals surface area contributed by atoms with Gasteiger partial charge in [0.15, 0.2) is 0 Å². The van der Waals surface area contributed by atoms with E-state index in [-0.39, 0.29) is 5.91 Å². The van der Waals surface area contributed by atoms with Gasteiger partial charge in [0.1, 0.15) is 5.75 Å². The number of nitrogens with zero attached hydrogens (tertiary/aromatic N) is 1. The van der Waals surface area contributed by atoms with Gasteiger partial charge in [-0.1, -0.05) is 23.7 Å². The second-order valence-corrected chi connectivity index (χ2v) is 7.47. The number of hydrogen-bond acceptors (Lipinski definition) is 3. The van der Waals surface area contributed by atoms with E-state index in [1.807, 2.05) is 53.4 Å². The molecule has 4 nitrogen and oxygen atoms in total. The molecule has 3 rings (SSSR count). The molecule has 2 aromatic rings. The van der Waals surface area contributed by atoms with Crippen molar-refractivity contribution >= 4 is 23.2 Å². The van der Waals surface area contributed by atoms with Gasteiger partial charge in [-0.15, -0.1) is 0 Å². The molecule has 0 bridgehead atoms. The molecule has 1 heterocycles. The van der Waals surface area contributed by atoms with Crippen LogP contribution in [0.15, 0.2) is 48.5 Å². The van der Waals surface area contributed by atoms with Gasteiger partial charge in [-0.2, -0.15) is 0 Å². The summed E-state index contributed by atoms with van der Waals surface area (Å²) in [6, 6.07) is 16.1. The molecule has 1 amide bonds. The van der Waals surface area contributed by atoms with E-state index in [4.69, 9.17) is 16.3 Å². The highest BCUT2D eigenvalue weighted by molar-refractivity contribution is 6.30. The summed E-state index contributed by atoms with van der Waals surface area (Å²) in [5, 5.41) is 4.29. The van der Waals surface area contributed by atoms with Crippen molar-refractivity contribution in [2.45, 2.75) is 38.1 Å². The average molecular weight is 387 g/mol. The van der Waals surface area contributed by atoms with Gasteiger partial charge in [0.25, 0.3) is 0 Å². The summed E-state index contributed by atoms with van der Waals surface area (Å²) in [6.45, 7) is 1.63. The van der Waals surface area contributed by atoms with Gasteiger partial charge in [-0.25, -0.2) is 0 Å². The zero-order chi connectivity index (χ0) is 19.1. The van der Waals surface area contributed by atoms with Crippen molar-refractivity contribution < 1.29 is 9.53 Å². The monoisotopic (exact) mass is 386 g/mol. The van der Waals surface area contributed by atoms with Crippen molar-refractivity contribution in [1.82, 2.24) is 4.90 Å². The van der Waals surface area contributed by atoms with Gasteiger partial charge in [0, 0.05) is 36.3 Å². The van der Waals surface area contributed by atoms with E-state index in [1.54, 1.807) is 7.11 Å². The molecule has 0 aliphatic carbocycles. The van der Waals surface area contributed by atoms with Crippen LogP contribution in [0.3, 0.4) is 0 Å². The Morgan fingerprint density at radius 2 is 1.93 bits per heavy atom. The van der Waals surface area contributed by atoms with Gasteiger partial charge in [-0.3, -0.25) is 4.79 Å². The Morgan fingerprint density at radius 3 is 2.63 bits per heavy atom. The van der Waals surface area contributed by atoms with Crippen LogP contribution in [0.5, 0.6) is 5.75 Å². The number of piperidine rings is 1. The summed E-state index contributed by atoms with van der Waals surface area (Å²) in [5.41, 5.74) is 2.29. The predicted octanol–water partition coefficient (Wildman–Crippen LogP) is 4.77. The Kier molecular flexibility index (Phi) is 6.99. The lowest BCUT2D eigenvalue weighted by atomic mass is 10.0. The molecule has 0 radical (unpaired) electrons. The Morgan fingerprint density at radius 1 is 1.19 bits per heavy atom. The number of carbonyl (C=O) groups is 1. The predicted molar refractivity (Wildman–Crippen MR) is 111 cm³/mol. The first kappa shape index (κ1) is 19.6. The van der Waals surface area contributed by atoms with Crippen LogP contribution in [0.1, 0.15) is 31.2 Å². The van der Waals surface area contributed by atoms with Gasteiger partial charge in [-0.05, 0) is 67.6 Å². The molecule has 0 saturated carbocycles. The van der Waals surface area contributed by atoms with Crippen LogP contribution in [0.4, 0.5) is 5.69 Å². The molecule has 2 aromatic carbocycles. The fraction of sp³-hybridized carbons (Fsp3) is 0.409. The quantitative estimate of drug-likeness (QED) is 0.744. The van der Waals surface area contributed by atoms with Crippen LogP contribution in [0.25, 0.3) is 0 Å². The molecular weight excluding hydrogens is 360 g/mol. The lowest BCUT2D eigenvalue weighted by molar-refractivity contribution is -0.132. The third kappa shape index (κ3) is 5.90. The second-order valence-electron chi connectivity index (χ2n) is 7.03. The van der Waals surface area contributed by atoms with Crippen molar-refractivity contribution in [3.63, 3.8) is 0 Å². The number of likely N-dealkylation sites (tertiary alicyclic amines) is 1. The van der Waals surface area contributed by atoms with Crippen molar-refractivity contribution in [2.24, 2.45) is 0 Å². The number of methoxy groups -OCH3 is 1. The van der Waals surface area contributed by atoms with Crippen LogP contribution in [-0.2, 0) is 11.2 Å². The van der Waals surface area contributed by atoms with Crippen molar-refractivity contribution in [2.75, 3.05) is 25.5 Å². The molecule has 144 valence electrons. The SMILES string of the molecule is COc1ccc(NC2CCCN(C(=O)CCCc3ccc(Cl)cc3)C2)cc1. The highest BCUT2D eigenvalue weighted by Gasteiger charge is 2.23. The van der Waals surface area contributed by atoms with Gasteiger partial charge in [0.2, 0.25) is 5.91 Å². The van der Waals surface area contributed by atoms with Crippen molar-refractivity contribution in [3.05, 3.63) is 59.1 Å². The summed E-state index contributed by atoms with van der Waals surface area (Å²) in [5.74, 6) is 1.10. The molecule has 27 heavy (non-hydrogen) atoms. The minimum absolute atomic E-state index is 0.255. The third-order valence-corrected chi connectivity index (χ3v) is 5.26. The maximum Gasteiger partial charge on any atom is 0.222 e. The van der Waals surface area contributed by atoms with Crippen molar-refractivity contribution in [1.29, 1.82) is 0 Å². The van der Waals surface area contributed by atoms with E-state index >= 15 is 0 Å². The second kappa shape index (κ2) is 9.65. The summed E-state index contributed by atoms with van der Waals surface area (Å²) < 4.78 is 5.20. The zero-order valence-electron chi connectivity index (χ0n) is 15.8. The number of halogens is 1. The number of aryl methyl sites for hydroxylation is 1. The first-order valence-electron chi connectivity index (χ1n) is 9.57. The third-order valence-electron chi connectivity index (χ3n) is 5.00. The van der Waals surface area contributed by atoms with E-state index in [1.165, 1.54) is 5.56 Å². The van der Waals surface area contributed by atoms with E-state index in [0.29, 0.717) is 12.5 Å². The highest BCUT2D eigenvalue weighted by atomic mass is 35.5. The Bertz CT molecular complexity index is 731. The van der Waals surface area contributed by atoms with E-state index < -0.39 is 0 Å². The van der Waals surface area contributed by atoms with Crippen LogP contribution in [-0.4, -0.2) is 37.0 Å². The molecule has 1 N–H and O–H groups in total. The molecule has 0 spiro atoms. The fourth-order valence-electron chi connectivity index (χ4n) is 3.50. The first-order chi connectivity index (χ1) is 13.1. The minimum Gasteiger partial charge on any atom is -0.497 e. The topological polar surface area (TPSA) is 41.6 Å². The minimum atomic E-state index is 0.255. The number of ether oxygens (including phenoxy) is 1. The van der Waals surface area contributed by atoms with E-state index in [2.05, 4.69) is 5.32 Å². The van der Waals surface area contributed by atoms with Crippen LogP contribution in [0.2, 0.25) is 5.02 Å². The van der Waals surface area contributed by atoms with Gasteiger partial charge >= 0.3 is 0 Å². The summed E-state index contributed by atoms with van der Waals surface area (Å²) in [6.07, 6.45) is 4.49. The summed E-state index contributed by atoms with van der Waals surface area (Å²) >= 11 is 5.91. The van der Waals surface area contributed by atoms with Crippen molar-refractivity contribution in [3.8, 4) is 5.75 Å². The zero-order valence-corrected chi connectivity index (χ0v) is 16.5. The summed E-state index contributed by atoms with van der Waals surface area (Å²) in [7, 11) is 1.67. The number of anilines is 1. The fourth-order valence-corrected chi connectivity index (χ4v) is 3.62. The first-order valence-corrected chi connectivity index (χ1v) is 9.94. The van der Waals surface area contributed by atoms with Crippen LogP contribution in [0, 0.1) is 0 Å². The smallest absolute Gasteiger partial charge is 0.222 e. The molecule has 1 saturated heterocycles. The molecular formula is C22H27ClN2O2. The number of hydrogen-bond donors (Lipinski definition) is 1. The Balaban J connectivity index is 1.44. The lowest BCUT2D eigenvalue weighted by Crippen LogP contribution is -2.45. The average Bonchev–Trinajstić information content (AvgIpc) is 2.70. The maximum atomic E-state index is 12.6. The molecule has 1 atom stereocenters. The standard InChI is InChI=1S/C22H27ClN2O2/c1-27-21-13-11-19(12-14-21)24-20-5-3-15-25(16-20)22(26)6-2-4-17-7-9-18(23)10-8-17/h7-14,20,24H,2-6,15-16H2,1H3. The van der Waals surface area contributed by atoms with E-state index in [9.17, 15) is 4.79 Å². The number of benzene rings is 2. The normalized spacial score (nSPS) is 16.8. The molecule has 1 unspecified atom stereocenters. The molecule has 1 aliphatic rings. The number of carbonyl (C=O) groups excluding carboxylic acids is 1. The largest absolute Gasteiger partial charge is 0.497 e. The molecule has 0 aromatic heterocycles. The Hall–Kier alpha value is -2.20. The van der Waals surface area contributed by atoms with Gasteiger partial charge in [0.05, 0.1) is 7.11 Å². The van der Waals surface area contributed by atoms with Gasteiger partial charge < -0.3 is 15.0 Å². The van der Waals surface area contributed by atoms with Crippen LogP contribution >= 0.6 is 11.6 Å². The number of rotatable bonds is 7. The molecule has 1 fully saturated rings. The van der Waals surface area contributed by atoms with E-state index in [0.717, 1.165) is 55.2 Å². The number of amides is 1. The number of nitrogens with one attached hydrogen (secondary N) is 1. The highest BCUT2D eigenvalue weighted by Crippen LogP contribution is 2.20. The maximum absolute atomic E-state index is 12.6. The van der Waals surface area contributed by atoms with Crippen LogP contribution < -0.4 is 10.1 Å². The lowest BCUT2D eigenvalue weighted by Gasteiger charge is -2.34. The molecule has 5 heteroatoms. The molecule has 1 aliphatic heterocycles. The summed E-state index contributed by atoms with van der Waals surface area (Å²) in [4.78, 5) is 14.6.